The van der Waals surface area contributed by atoms with Crippen LogP contribution < -0.4 is 4.90 Å². The van der Waals surface area contributed by atoms with Crippen LogP contribution in [0.15, 0.2) is 115 Å². The molecule has 0 N–H and O–H groups in total. The molecule has 0 aliphatic heterocycles. The second-order valence-electron chi connectivity index (χ2n) is 15.5. The zero-order valence-electron chi connectivity index (χ0n) is 27.7. The second kappa shape index (κ2) is 10.4. The Morgan fingerprint density at radius 1 is 0.553 bits per heavy atom. The predicted octanol–water partition coefficient (Wildman–Crippen LogP) is 12.5. The molecule has 4 atom stereocenters. The lowest BCUT2D eigenvalue weighted by molar-refractivity contribution is 0.0557. The van der Waals surface area contributed by atoms with Crippen LogP contribution in [0.25, 0.3) is 22.3 Å². The van der Waals surface area contributed by atoms with Crippen molar-refractivity contribution in [3.05, 3.63) is 138 Å². The van der Waals surface area contributed by atoms with Gasteiger partial charge in [-0.05, 0) is 131 Å². The fraction of sp³-hybridized carbons (Fsp3) is 0.348. The molecule has 5 aromatic rings. The van der Waals surface area contributed by atoms with E-state index >= 15 is 0 Å². The number of hydrogen-bond donors (Lipinski definition) is 0. The van der Waals surface area contributed by atoms with Crippen LogP contribution in [-0.2, 0) is 10.8 Å². The number of benzene rings is 5. The minimum atomic E-state index is 0.154. The Hall–Kier alpha value is -4.10. The molecule has 2 spiro atoms. The van der Waals surface area contributed by atoms with Crippen molar-refractivity contribution in [1.29, 1.82) is 0 Å². The summed E-state index contributed by atoms with van der Waals surface area (Å²) in [5.74, 6) is 2.38. The van der Waals surface area contributed by atoms with E-state index in [1.165, 1.54) is 104 Å². The molecule has 4 unspecified atom stereocenters. The summed E-state index contributed by atoms with van der Waals surface area (Å²) in [5, 5.41) is 0. The Labute approximate surface area is 280 Å². The van der Waals surface area contributed by atoms with Crippen LogP contribution in [0.4, 0.5) is 17.1 Å². The molecule has 1 nitrogen and oxygen atoms in total. The first-order valence-electron chi connectivity index (χ1n) is 18.6. The monoisotopic (exact) mass is 611 g/mol. The van der Waals surface area contributed by atoms with Crippen molar-refractivity contribution < 1.29 is 0 Å². The van der Waals surface area contributed by atoms with Gasteiger partial charge >= 0.3 is 0 Å². The lowest BCUT2D eigenvalue weighted by atomic mass is 9.50. The van der Waals surface area contributed by atoms with Gasteiger partial charge in [-0.3, -0.25) is 0 Å². The van der Waals surface area contributed by atoms with E-state index in [9.17, 15) is 0 Å². The molecule has 0 saturated heterocycles. The van der Waals surface area contributed by atoms with Gasteiger partial charge in [0.1, 0.15) is 0 Å². The van der Waals surface area contributed by atoms with Crippen molar-refractivity contribution >= 4 is 17.1 Å². The Bertz CT molecular complexity index is 1990. The van der Waals surface area contributed by atoms with Crippen LogP contribution in [0.3, 0.4) is 0 Å². The van der Waals surface area contributed by atoms with Gasteiger partial charge in [0, 0.05) is 27.9 Å². The highest BCUT2D eigenvalue weighted by atomic mass is 15.1. The number of anilines is 3. The van der Waals surface area contributed by atoms with E-state index in [1.54, 1.807) is 22.3 Å². The van der Waals surface area contributed by atoms with Crippen molar-refractivity contribution in [2.24, 2.45) is 17.8 Å². The number of nitrogens with zero attached hydrogens (tertiary/aromatic N) is 1. The highest BCUT2D eigenvalue weighted by molar-refractivity contribution is 5.89. The summed E-state index contributed by atoms with van der Waals surface area (Å²) in [5.41, 5.74) is 16.2. The molecule has 234 valence electrons. The van der Waals surface area contributed by atoms with Gasteiger partial charge in [-0.2, -0.15) is 0 Å². The lowest BCUT2D eigenvalue weighted by Crippen LogP contribution is -2.48. The smallest absolute Gasteiger partial charge is 0.0468 e. The van der Waals surface area contributed by atoms with E-state index in [2.05, 4.69) is 127 Å². The molecule has 0 radical (unpaired) electrons. The van der Waals surface area contributed by atoms with E-state index in [0.29, 0.717) is 5.92 Å². The Balaban J connectivity index is 1.16. The van der Waals surface area contributed by atoms with E-state index in [1.807, 2.05) is 0 Å². The van der Waals surface area contributed by atoms with Gasteiger partial charge in [0.25, 0.3) is 0 Å². The first-order valence-corrected chi connectivity index (χ1v) is 18.6. The van der Waals surface area contributed by atoms with E-state index in [4.69, 9.17) is 0 Å². The lowest BCUT2D eigenvalue weighted by Gasteiger charge is -2.54. The average Bonchev–Trinajstić information content (AvgIpc) is 3.81. The standard InChI is InChI=1S/C46H45N/c1-2-32-27-31-13-12-14-33(28-31)46(32)42-20-9-7-18-38(42)40-29-35(22-24-43(40)46)47(34-15-4-3-5-16-34)36-21-23-39-37-17-6-8-19-41(37)45(44(39)30-36)25-10-11-26-45/h3-9,15-24,29-33H,2,10-14,25-28H2,1H3. The zero-order chi connectivity index (χ0) is 31.2. The topological polar surface area (TPSA) is 3.24 Å². The van der Waals surface area contributed by atoms with Crippen LogP contribution in [-0.4, -0.2) is 0 Å². The maximum Gasteiger partial charge on any atom is 0.0468 e. The summed E-state index contributed by atoms with van der Waals surface area (Å²) in [4.78, 5) is 2.54. The van der Waals surface area contributed by atoms with Gasteiger partial charge in [0.05, 0.1) is 0 Å². The maximum atomic E-state index is 2.57. The summed E-state index contributed by atoms with van der Waals surface area (Å²) in [6.07, 6.45) is 13.4. The molecule has 3 fully saturated rings. The van der Waals surface area contributed by atoms with Crippen molar-refractivity contribution in [3.63, 3.8) is 0 Å². The number of hydrogen-bond acceptors (Lipinski definition) is 1. The van der Waals surface area contributed by atoms with Gasteiger partial charge in [0.2, 0.25) is 0 Å². The summed E-state index contributed by atoms with van der Waals surface area (Å²) in [7, 11) is 0. The summed E-state index contributed by atoms with van der Waals surface area (Å²) in [6, 6.07) is 44.8. The van der Waals surface area contributed by atoms with Crippen LogP contribution >= 0.6 is 0 Å². The maximum absolute atomic E-state index is 2.57. The van der Waals surface area contributed by atoms with Gasteiger partial charge < -0.3 is 4.90 Å². The highest BCUT2D eigenvalue weighted by Gasteiger charge is 2.56. The molecule has 0 amide bonds. The quantitative estimate of drug-likeness (QED) is 0.195. The highest BCUT2D eigenvalue weighted by Crippen LogP contribution is 2.65. The zero-order valence-corrected chi connectivity index (χ0v) is 27.7. The molecule has 0 heterocycles. The fourth-order valence-electron chi connectivity index (χ4n) is 11.8. The number of fused-ring (bicyclic) bond motifs is 13. The number of rotatable bonds is 4. The molecule has 0 aromatic heterocycles. The van der Waals surface area contributed by atoms with Crippen LogP contribution in [0.1, 0.15) is 93.4 Å². The molecule has 2 bridgehead atoms. The third-order valence-electron chi connectivity index (χ3n) is 13.5. The molecular formula is C46H45N. The Kier molecular flexibility index (Phi) is 6.22. The minimum absolute atomic E-state index is 0.154. The van der Waals surface area contributed by atoms with Crippen LogP contribution in [0.5, 0.6) is 0 Å². The molecule has 5 aliphatic carbocycles. The fourth-order valence-corrected chi connectivity index (χ4v) is 11.8. The SMILES string of the molecule is CCC1CC2CCCC(C2)C12c1ccccc1-c1cc(N(c3ccccc3)c3ccc4c(c3)C3(CCCC3)c3ccccc3-4)ccc12. The molecule has 1 heteroatoms. The Morgan fingerprint density at radius 3 is 2.02 bits per heavy atom. The Morgan fingerprint density at radius 2 is 1.21 bits per heavy atom. The molecular weight excluding hydrogens is 567 g/mol. The minimum Gasteiger partial charge on any atom is -0.310 e. The van der Waals surface area contributed by atoms with E-state index in [0.717, 1.165) is 11.8 Å². The summed E-state index contributed by atoms with van der Waals surface area (Å²) in [6.45, 7) is 2.46. The first-order chi connectivity index (χ1) is 23.2. The van der Waals surface area contributed by atoms with Crippen molar-refractivity contribution in [2.45, 2.75) is 82.0 Å². The van der Waals surface area contributed by atoms with Crippen molar-refractivity contribution in [1.82, 2.24) is 0 Å². The summed E-state index contributed by atoms with van der Waals surface area (Å²) >= 11 is 0. The van der Waals surface area contributed by atoms with Crippen molar-refractivity contribution in [3.8, 4) is 22.3 Å². The van der Waals surface area contributed by atoms with Crippen LogP contribution in [0, 0.1) is 17.8 Å². The normalized spacial score (nSPS) is 25.8. The third kappa shape index (κ3) is 3.78. The molecule has 3 saturated carbocycles. The van der Waals surface area contributed by atoms with Crippen LogP contribution in [0.2, 0.25) is 0 Å². The van der Waals surface area contributed by atoms with Gasteiger partial charge in [-0.25, -0.2) is 0 Å². The van der Waals surface area contributed by atoms with E-state index in [-0.39, 0.29) is 10.8 Å². The van der Waals surface area contributed by atoms with Gasteiger partial charge in [0.15, 0.2) is 0 Å². The molecule has 47 heavy (non-hydrogen) atoms. The summed E-state index contributed by atoms with van der Waals surface area (Å²) < 4.78 is 0. The second-order valence-corrected chi connectivity index (χ2v) is 15.5. The van der Waals surface area contributed by atoms with Gasteiger partial charge in [-0.1, -0.05) is 118 Å². The molecule has 10 rings (SSSR count). The van der Waals surface area contributed by atoms with Gasteiger partial charge in [-0.15, -0.1) is 0 Å². The van der Waals surface area contributed by atoms with Crippen molar-refractivity contribution in [2.75, 3.05) is 4.90 Å². The van der Waals surface area contributed by atoms with E-state index < -0.39 is 0 Å². The molecule has 5 aromatic carbocycles. The largest absolute Gasteiger partial charge is 0.310 e. The molecule has 5 aliphatic rings. The third-order valence-corrected chi connectivity index (χ3v) is 13.5. The number of para-hydroxylation sites is 1. The first kappa shape index (κ1) is 28.0. The average molecular weight is 612 g/mol. The predicted molar refractivity (Wildman–Crippen MR) is 196 cm³/mol.